The van der Waals surface area contributed by atoms with Crippen molar-refractivity contribution in [2.24, 2.45) is 5.41 Å². The van der Waals surface area contributed by atoms with Crippen LogP contribution in [-0.4, -0.2) is 25.2 Å². The Morgan fingerprint density at radius 1 is 1.18 bits per heavy atom. The van der Waals surface area contributed by atoms with Crippen LogP contribution < -0.4 is 10.6 Å². The van der Waals surface area contributed by atoms with E-state index in [1.807, 2.05) is 20.8 Å². The van der Waals surface area contributed by atoms with E-state index >= 15 is 0 Å². The third-order valence-corrected chi connectivity index (χ3v) is 3.42. The summed E-state index contributed by atoms with van der Waals surface area (Å²) in [6.45, 7) is 6.22. The van der Waals surface area contributed by atoms with Crippen LogP contribution in [0, 0.1) is 11.2 Å². The molecule has 0 aliphatic rings. The second-order valence-electron chi connectivity index (χ2n) is 5.61. The van der Waals surface area contributed by atoms with Gasteiger partial charge in [0.05, 0.1) is 12.0 Å². The molecular formula is C16H23FN2O3. The van der Waals surface area contributed by atoms with Crippen molar-refractivity contribution in [3.05, 3.63) is 35.6 Å². The number of hydrogen-bond donors (Lipinski definition) is 2. The van der Waals surface area contributed by atoms with Crippen molar-refractivity contribution in [3.8, 4) is 0 Å². The normalized spacial score (nSPS) is 10.9. The minimum atomic E-state index is -0.509. The first-order chi connectivity index (χ1) is 10.3. The number of urea groups is 1. The van der Waals surface area contributed by atoms with Gasteiger partial charge in [-0.25, -0.2) is 9.18 Å². The van der Waals surface area contributed by atoms with Crippen molar-refractivity contribution in [1.29, 1.82) is 0 Å². The maximum Gasteiger partial charge on any atom is 0.315 e. The van der Waals surface area contributed by atoms with Crippen LogP contribution in [-0.2, 0) is 16.1 Å². The summed E-state index contributed by atoms with van der Waals surface area (Å²) < 4.78 is 17.8. The van der Waals surface area contributed by atoms with Gasteiger partial charge >= 0.3 is 12.0 Å². The van der Waals surface area contributed by atoms with Crippen molar-refractivity contribution in [1.82, 2.24) is 10.6 Å². The Bertz CT molecular complexity index is 501. The molecule has 0 fully saturated rings. The number of rotatable bonds is 7. The molecule has 0 bridgehead atoms. The van der Waals surface area contributed by atoms with Gasteiger partial charge in [0, 0.05) is 6.54 Å². The number of halogens is 1. The molecular weight excluding hydrogens is 287 g/mol. The molecule has 2 amide bonds. The van der Waals surface area contributed by atoms with Crippen LogP contribution in [0.2, 0.25) is 0 Å². The Kier molecular flexibility index (Phi) is 6.82. The van der Waals surface area contributed by atoms with Crippen LogP contribution >= 0.6 is 0 Å². The van der Waals surface area contributed by atoms with Crippen LogP contribution in [0.3, 0.4) is 0 Å². The molecule has 5 nitrogen and oxygen atoms in total. The number of nitrogens with one attached hydrogen (secondary N) is 2. The largest absolute Gasteiger partial charge is 0.463 e. The van der Waals surface area contributed by atoms with Crippen molar-refractivity contribution < 1.29 is 18.7 Å². The molecule has 0 heterocycles. The van der Waals surface area contributed by atoms with Gasteiger partial charge in [0.1, 0.15) is 12.4 Å². The van der Waals surface area contributed by atoms with E-state index < -0.39 is 5.41 Å². The average Bonchev–Trinajstić information content (AvgIpc) is 2.50. The molecule has 6 heteroatoms. The van der Waals surface area contributed by atoms with E-state index in [2.05, 4.69) is 10.6 Å². The van der Waals surface area contributed by atoms with Crippen LogP contribution in [0.5, 0.6) is 0 Å². The van der Waals surface area contributed by atoms with E-state index in [4.69, 9.17) is 4.74 Å². The molecule has 0 aromatic heterocycles. The highest BCUT2D eigenvalue weighted by atomic mass is 19.1. The topological polar surface area (TPSA) is 67.4 Å². The van der Waals surface area contributed by atoms with Gasteiger partial charge in [0.2, 0.25) is 0 Å². The van der Waals surface area contributed by atoms with Gasteiger partial charge in [-0.15, -0.1) is 0 Å². The first kappa shape index (κ1) is 17.9. The molecule has 0 aliphatic carbocycles. The predicted octanol–water partition coefficient (Wildman–Crippen LogP) is 2.60. The summed E-state index contributed by atoms with van der Waals surface area (Å²) in [7, 11) is 0. The third kappa shape index (κ3) is 6.11. The molecule has 122 valence electrons. The lowest BCUT2D eigenvalue weighted by Crippen LogP contribution is -2.37. The fraction of sp³-hybridized carbons (Fsp3) is 0.500. The van der Waals surface area contributed by atoms with Gasteiger partial charge in [0.25, 0.3) is 0 Å². The van der Waals surface area contributed by atoms with Crippen LogP contribution in [0.1, 0.15) is 32.8 Å². The van der Waals surface area contributed by atoms with Crippen molar-refractivity contribution in [2.45, 2.75) is 33.7 Å². The molecule has 0 saturated heterocycles. The molecule has 0 saturated carbocycles. The molecule has 22 heavy (non-hydrogen) atoms. The van der Waals surface area contributed by atoms with Gasteiger partial charge in [-0.05, 0) is 38.0 Å². The Balaban J connectivity index is 2.18. The smallest absolute Gasteiger partial charge is 0.315 e. The molecule has 1 aromatic carbocycles. The number of benzene rings is 1. The van der Waals surface area contributed by atoms with Gasteiger partial charge in [0.15, 0.2) is 0 Å². The molecule has 0 radical (unpaired) electrons. The molecule has 0 spiro atoms. The van der Waals surface area contributed by atoms with Crippen LogP contribution in [0.15, 0.2) is 24.3 Å². The maximum atomic E-state index is 12.7. The van der Waals surface area contributed by atoms with Gasteiger partial charge in [-0.1, -0.05) is 19.1 Å². The second kappa shape index (κ2) is 8.36. The summed E-state index contributed by atoms with van der Waals surface area (Å²) in [4.78, 5) is 23.2. The Hall–Kier alpha value is -2.11. The van der Waals surface area contributed by atoms with E-state index in [0.29, 0.717) is 13.0 Å². The molecule has 0 aliphatic heterocycles. The van der Waals surface area contributed by atoms with Crippen molar-refractivity contribution in [3.63, 3.8) is 0 Å². The summed E-state index contributed by atoms with van der Waals surface area (Å²) in [6, 6.07) is 5.51. The number of hydrogen-bond acceptors (Lipinski definition) is 3. The summed E-state index contributed by atoms with van der Waals surface area (Å²) >= 11 is 0. The van der Waals surface area contributed by atoms with Crippen LogP contribution in [0.4, 0.5) is 9.18 Å². The van der Waals surface area contributed by atoms with E-state index in [1.54, 1.807) is 12.1 Å². The monoisotopic (exact) mass is 310 g/mol. The van der Waals surface area contributed by atoms with Crippen molar-refractivity contribution >= 4 is 12.0 Å². The fourth-order valence-corrected chi connectivity index (χ4v) is 1.50. The zero-order valence-electron chi connectivity index (χ0n) is 13.2. The zero-order chi connectivity index (χ0) is 16.6. The van der Waals surface area contributed by atoms with E-state index in [1.165, 1.54) is 12.1 Å². The van der Waals surface area contributed by atoms with E-state index in [0.717, 1.165) is 5.56 Å². The maximum absolute atomic E-state index is 12.7. The van der Waals surface area contributed by atoms with E-state index in [9.17, 15) is 14.0 Å². The first-order valence-corrected chi connectivity index (χ1v) is 7.28. The number of carbonyl (C=O) groups is 2. The minimum Gasteiger partial charge on any atom is -0.463 e. The van der Waals surface area contributed by atoms with Crippen molar-refractivity contribution in [2.75, 3.05) is 13.2 Å². The van der Waals surface area contributed by atoms with Gasteiger partial charge in [-0.3, -0.25) is 4.79 Å². The quantitative estimate of drug-likeness (QED) is 0.601. The highest BCUT2D eigenvalue weighted by Gasteiger charge is 2.26. The highest BCUT2D eigenvalue weighted by molar-refractivity contribution is 5.76. The number of esters is 1. The number of amides is 2. The zero-order valence-corrected chi connectivity index (χ0v) is 13.2. The predicted molar refractivity (Wildman–Crippen MR) is 81.7 cm³/mol. The highest BCUT2D eigenvalue weighted by Crippen LogP contribution is 2.21. The molecule has 0 unspecified atom stereocenters. The molecule has 2 N–H and O–H groups in total. The Morgan fingerprint density at radius 3 is 2.41 bits per heavy atom. The van der Waals surface area contributed by atoms with Gasteiger partial charge in [-0.2, -0.15) is 0 Å². The minimum absolute atomic E-state index is 0.131. The lowest BCUT2D eigenvalue weighted by Gasteiger charge is -2.20. The summed E-state index contributed by atoms with van der Waals surface area (Å²) in [6.07, 6.45) is 0.692. The first-order valence-electron chi connectivity index (χ1n) is 7.28. The Labute approximate surface area is 130 Å². The lowest BCUT2D eigenvalue weighted by atomic mass is 9.91. The summed E-state index contributed by atoms with van der Waals surface area (Å²) in [5, 5.41) is 5.22. The summed E-state index contributed by atoms with van der Waals surface area (Å²) in [5.74, 6) is -0.589. The SMILES string of the molecule is CCC(C)(C)C(=O)OCCNC(=O)NCc1ccc(F)cc1. The summed E-state index contributed by atoms with van der Waals surface area (Å²) in [5.41, 5.74) is 0.290. The molecule has 1 rings (SSSR count). The Morgan fingerprint density at radius 2 is 1.82 bits per heavy atom. The van der Waals surface area contributed by atoms with E-state index in [-0.39, 0.29) is 31.0 Å². The fourth-order valence-electron chi connectivity index (χ4n) is 1.50. The second-order valence-corrected chi connectivity index (χ2v) is 5.61. The number of carbonyl (C=O) groups excluding carboxylic acids is 2. The van der Waals surface area contributed by atoms with Crippen LogP contribution in [0.25, 0.3) is 0 Å². The molecule has 1 aromatic rings. The average molecular weight is 310 g/mol. The third-order valence-electron chi connectivity index (χ3n) is 3.42. The standard InChI is InChI=1S/C16H23FN2O3/c1-4-16(2,3)14(20)22-10-9-18-15(21)19-11-12-5-7-13(17)8-6-12/h5-8H,4,9-11H2,1-3H3,(H2,18,19,21). The lowest BCUT2D eigenvalue weighted by molar-refractivity contribution is -0.153. The molecule has 0 atom stereocenters. The van der Waals surface area contributed by atoms with Gasteiger partial charge < -0.3 is 15.4 Å². The number of ether oxygens (including phenoxy) is 1.